The molecule has 1 heterocycles. The number of thioether (sulfide) groups is 1. The highest BCUT2D eigenvalue weighted by molar-refractivity contribution is 8.00. The zero-order valence-electron chi connectivity index (χ0n) is 10.6. The van der Waals surface area contributed by atoms with Crippen LogP contribution in [-0.4, -0.2) is 41.1 Å². The van der Waals surface area contributed by atoms with Crippen LogP contribution in [0, 0.1) is 0 Å². The second kappa shape index (κ2) is 7.38. The van der Waals surface area contributed by atoms with E-state index < -0.39 is 5.51 Å². The van der Waals surface area contributed by atoms with Gasteiger partial charge in [-0.2, -0.15) is 13.2 Å². The molecule has 1 saturated heterocycles. The number of carbonyl (C=O) groups is 1. The van der Waals surface area contributed by atoms with E-state index >= 15 is 0 Å². The van der Waals surface area contributed by atoms with Gasteiger partial charge in [0.2, 0.25) is 0 Å². The van der Waals surface area contributed by atoms with Crippen LogP contribution in [0.5, 0.6) is 0 Å². The fourth-order valence-electron chi connectivity index (χ4n) is 2.37. The van der Waals surface area contributed by atoms with Crippen molar-refractivity contribution in [2.45, 2.75) is 50.6 Å². The molecule has 1 aliphatic rings. The van der Waals surface area contributed by atoms with E-state index in [2.05, 4.69) is 4.90 Å². The summed E-state index contributed by atoms with van der Waals surface area (Å²) in [5.41, 5.74) is -4.15. The quantitative estimate of drug-likeness (QED) is 0.770. The molecule has 1 fully saturated rings. The summed E-state index contributed by atoms with van der Waals surface area (Å²) < 4.78 is 36.3. The average molecular weight is 283 g/mol. The molecule has 1 aliphatic heterocycles. The minimum absolute atomic E-state index is 0.0283. The topological polar surface area (TPSA) is 20.3 Å². The summed E-state index contributed by atoms with van der Waals surface area (Å²) in [7, 11) is 0. The molecule has 0 aromatic rings. The number of nitrogens with zero attached hydrogens (tertiary/aromatic N) is 1. The van der Waals surface area contributed by atoms with Gasteiger partial charge in [-0.1, -0.05) is 12.8 Å². The van der Waals surface area contributed by atoms with Gasteiger partial charge < -0.3 is 0 Å². The molecule has 1 atom stereocenters. The number of alkyl halides is 3. The Balaban J connectivity index is 2.43. The van der Waals surface area contributed by atoms with Crippen LogP contribution in [0.4, 0.5) is 13.2 Å². The molecule has 0 N–H and O–H groups in total. The number of ketones is 1. The zero-order valence-corrected chi connectivity index (χ0v) is 11.4. The van der Waals surface area contributed by atoms with E-state index in [4.69, 9.17) is 0 Å². The summed E-state index contributed by atoms with van der Waals surface area (Å²) in [4.78, 5) is 13.3. The lowest BCUT2D eigenvalue weighted by Gasteiger charge is -2.29. The van der Waals surface area contributed by atoms with E-state index in [1.54, 1.807) is 6.92 Å². The highest BCUT2D eigenvalue weighted by Crippen LogP contribution is 2.30. The predicted molar refractivity (Wildman–Crippen MR) is 67.6 cm³/mol. The summed E-state index contributed by atoms with van der Waals surface area (Å²) in [5.74, 6) is 0.174. The maximum Gasteiger partial charge on any atom is 0.441 e. The first-order valence-corrected chi connectivity index (χ1v) is 7.31. The molecular weight excluding hydrogens is 263 g/mol. The predicted octanol–water partition coefficient (Wildman–Crippen LogP) is 3.46. The molecule has 0 radical (unpaired) electrons. The zero-order chi connectivity index (χ0) is 13.6. The lowest BCUT2D eigenvalue weighted by Crippen LogP contribution is -2.38. The van der Waals surface area contributed by atoms with Crippen LogP contribution in [0.2, 0.25) is 0 Å². The molecule has 1 unspecified atom stereocenters. The molecule has 0 saturated carbocycles. The molecule has 0 aliphatic carbocycles. The van der Waals surface area contributed by atoms with Crippen LogP contribution in [0.25, 0.3) is 0 Å². The van der Waals surface area contributed by atoms with Crippen molar-refractivity contribution in [3.8, 4) is 0 Å². The number of rotatable bonds is 5. The van der Waals surface area contributed by atoms with Gasteiger partial charge in [0, 0.05) is 24.8 Å². The molecular formula is C12H20F3NOS. The van der Waals surface area contributed by atoms with Gasteiger partial charge in [-0.3, -0.25) is 9.69 Å². The Kier molecular flexibility index (Phi) is 6.49. The monoisotopic (exact) mass is 283 g/mol. The lowest BCUT2D eigenvalue weighted by molar-refractivity contribution is -0.118. The number of carbonyl (C=O) groups excluding carboxylic acids is 1. The van der Waals surface area contributed by atoms with Gasteiger partial charge in [-0.05, 0) is 38.1 Å². The SMILES string of the molecule is CC(=O)CC1CCCCCN1CCSC(F)(F)F. The first kappa shape index (κ1) is 15.8. The number of hydrogen-bond acceptors (Lipinski definition) is 3. The minimum Gasteiger partial charge on any atom is -0.300 e. The molecule has 1 rings (SSSR count). The fourth-order valence-corrected chi connectivity index (χ4v) is 2.93. The normalized spacial score (nSPS) is 22.8. The third-order valence-electron chi connectivity index (χ3n) is 3.17. The maximum absolute atomic E-state index is 12.1. The van der Waals surface area contributed by atoms with Crippen LogP contribution in [0.3, 0.4) is 0 Å². The van der Waals surface area contributed by atoms with E-state index in [0.717, 1.165) is 32.2 Å². The average Bonchev–Trinajstić information content (AvgIpc) is 2.42. The Morgan fingerprint density at radius 3 is 2.67 bits per heavy atom. The van der Waals surface area contributed by atoms with Crippen molar-refractivity contribution in [2.75, 3.05) is 18.8 Å². The summed E-state index contributed by atoms with van der Waals surface area (Å²) in [6.45, 7) is 2.78. The Bertz CT molecular complexity index is 271. The largest absolute Gasteiger partial charge is 0.441 e. The highest BCUT2D eigenvalue weighted by atomic mass is 32.2. The van der Waals surface area contributed by atoms with Crippen molar-refractivity contribution < 1.29 is 18.0 Å². The van der Waals surface area contributed by atoms with Crippen LogP contribution >= 0.6 is 11.8 Å². The van der Waals surface area contributed by atoms with Crippen molar-refractivity contribution in [1.29, 1.82) is 0 Å². The second-order valence-corrected chi connectivity index (χ2v) is 5.90. The van der Waals surface area contributed by atoms with Crippen molar-refractivity contribution in [1.82, 2.24) is 4.90 Å². The summed E-state index contributed by atoms with van der Waals surface area (Å²) >= 11 is 0.0283. The maximum atomic E-state index is 12.1. The molecule has 0 aromatic heterocycles. The first-order chi connectivity index (χ1) is 8.38. The third-order valence-corrected chi connectivity index (χ3v) is 3.88. The minimum atomic E-state index is -4.15. The van der Waals surface area contributed by atoms with E-state index in [0.29, 0.717) is 13.0 Å². The molecule has 0 spiro atoms. The first-order valence-electron chi connectivity index (χ1n) is 6.32. The van der Waals surface area contributed by atoms with E-state index in [-0.39, 0.29) is 29.3 Å². The van der Waals surface area contributed by atoms with Gasteiger partial charge in [0.25, 0.3) is 0 Å². The fraction of sp³-hybridized carbons (Fsp3) is 0.917. The Morgan fingerprint density at radius 2 is 2.06 bits per heavy atom. The van der Waals surface area contributed by atoms with Crippen molar-refractivity contribution >= 4 is 17.5 Å². The van der Waals surface area contributed by atoms with Crippen LogP contribution < -0.4 is 0 Å². The van der Waals surface area contributed by atoms with Crippen LogP contribution in [-0.2, 0) is 4.79 Å². The smallest absolute Gasteiger partial charge is 0.300 e. The molecule has 6 heteroatoms. The van der Waals surface area contributed by atoms with Gasteiger partial charge in [0.15, 0.2) is 0 Å². The van der Waals surface area contributed by atoms with Crippen molar-refractivity contribution in [3.63, 3.8) is 0 Å². The molecule has 106 valence electrons. The van der Waals surface area contributed by atoms with Crippen LogP contribution in [0.1, 0.15) is 39.0 Å². The molecule has 0 amide bonds. The van der Waals surface area contributed by atoms with E-state index in [1.165, 1.54) is 0 Å². The van der Waals surface area contributed by atoms with Gasteiger partial charge in [-0.15, -0.1) is 0 Å². The number of hydrogen-bond donors (Lipinski definition) is 0. The van der Waals surface area contributed by atoms with Gasteiger partial charge in [0.05, 0.1) is 0 Å². The number of likely N-dealkylation sites (tertiary alicyclic amines) is 1. The summed E-state index contributed by atoms with van der Waals surface area (Å²) in [6.07, 6.45) is 4.59. The van der Waals surface area contributed by atoms with E-state index in [1.807, 2.05) is 0 Å². The third kappa shape index (κ3) is 6.64. The molecule has 0 aromatic carbocycles. The van der Waals surface area contributed by atoms with Crippen molar-refractivity contribution in [2.24, 2.45) is 0 Å². The molecule has 0 bridgehead atoms. The van der Waals surface area contributed by atoms with Crippen molar-refractivity contribution in [3.05, 3.63) is 0 Å². The van der Waals surface area contributed by atoms with Crippen LogP contribution in [0.15, 0.2) is 0 Å². The highest BCUT2D eigenvalue weighted by Gasteiger charge is 2.29. The van der Waals surface area contributed by atoms with Gasteiger partial charge in [0.1, 0.15) is 5.78 Å². The number of halogens is 3. The Morgan fingerprint density at radius 1 is 1.33 bits per heavy atom. The second-order valence-electron chi connectivity index (χ2n) is 4.74. The standard InChI is InChI=1S/C12H20F3NOS/c1-10(17)9-11-5-3-2-4-6-16(11)7-8-18-12(13,14)15/h11H,2-9H2,1H3. The van der Waals surface area contributed by atoms with Gasteiger partial charge in [-0.25, -0.2) is 0 Å². The Labute approximate surface area is 110 Å². The van der Waals surface area contributed by atoms with Gasteiger partial charge >= 0.3 is 5.51 Å². The Hall–Kier alpha value is -0.230. The number of Topliss-reactive ketones (excluding diaryl/α,β-unsaturated/α-hetero) is 1. The summed E-state index contributed by atoms with van der Waals surface area (Å²) in [6, 6.07) is 0.138. The lowest BCUT2D eigenvalue weighted by atomic mass is 10.0. The van der Waals surface area contributed by atoms with E-state index in [9.17, 15) is 18.0 Å². The summed E-state index contributed by atoms with van der Waals surface area (Å²) in [5, 5.41) is 0. The molecule has 18 heavy (non-hydrogen) atoms. The molecule has 2 nitrogen and oxygen atoms in total.